The Morgan fingerprint density at radius 1 is 1.13 bits per heavy atom. The lowest BCUT2D eigenvalue weighted by molar-refractivity contribution is -0.192. The third kappa shape index (κ3) is 11.8. The molecule has 250 valence electrons. The van der Waals surface area contributed by atoms with Gasteiger partial charge in [0.1, 0.15) is 6.04 Å². The Kier molecular flexibility index (Phi) is 13.7. The fourth-order valence-electron chi connectivity index (χ4n) is 4.60. The average Bonchev–Trinajstić information content (AvgIpc) is 2.98. The summed E-state index contributed by atoms with van der Waals surface area (Å²) in [6.45, 7) is 1.77. The van der Waals surface area contributed by atoms with Crippen LogP contribution in [0.15, 0.2) is 52.4 Å². The Morgan fingerprint density at radius 2 is 1.76 bits per heavy atom. The molecule has 2 aromatic carbocycles. The number of carboxylic acids is 1. The highest BCUT2D eigenvalue weighted by atomic mass is 32.2. The first-order valence-corrected chi connectivity index (χ1v) is 15.6. The normalized spacial score (nSPS) is 14.8. The Labute approximate surface area is 265 Å². The van der Waals surface area contributed by atoms with Crippen LogP contribution in [0.4, 0.5) is 18.9 Å². The largest absolute Gasteiger partial charge is 0.490 e. The number of nitrogens with zero attached hydrogens (tertiary/aromatic N) is 3. The summed E-state index contributed by atoms with van der Waals surface area (Å²) in [5.41, 5.74) is 8.23. The van der Waals surface area contributed by atoms with Crippen LogP contribution in [0.1, 0.15) is 55.2 Å². The molecule has 2 aromatic rings. The maximum Gasteiger partial charge on any atom is 0.490 e. The minimum absolute atomic E-state index is 0.00242. The minimum Gasteiger partial charge on any atom is -0.475 e. The number of halogens is 3. The molecule has 0 aromatic heterocycles. The Bertz CT molecular complexity index is 1580. The van der Waals surface area contributed by atoms with E-state index < -0.39 is 40.0 Å². The van der Waals surface area contributed by atoms with Crippen LogP contribution in [0.25, 0.3) is 0 Å². The van der Waals surface area contributed by atoms with Crippen molar-refractivity contribution in [3.8, 4) is 6.07 Å². The molecule has 1 aliphatic rings. The number of anilines is 1. The van der Waals surface area contributed by atoms with E-state index in [1.807, 2.05) is 6.07 Å². The number of rotatable bonds is 9. The SMILES string of the molecule is Cc1ccc(S(=O)(=O)N(C)C)cc1NC(=O)[C@@H](CC1CCCCC1)N=C(N)NC(=O)Cc1cccc(C#N)c1.O=C(O)C(F)(F)F. The molecular weight excluding hydrogens is 629 g/mol. The number of aryl methyl sites for hydroxylation is 1. The van der Waals surface area contributed by atoms with Crippen LogP contribution in [0, 0.1) is 24.2 Å². The predicted molar refractivity (Wildman–Crippen MR) is 164 cm³/mol. The minimum atomic E-state index is -5.08. The van der Waals surface area contributed by atoms with Gasteiger partial charge in [-0.1, -0.05) is 50.3 Å². The van der Waals surface area contributed by atoms with Gasteiger partial charge in [0.05, 0.1) is 22.9 Å². The molecule has 3 rings (SSSR count). The van der Waals surface area contributed by atoms with Gasteiger partial charge in [0.15, 0.2) is 5.96 Å². The molecule has 0 bridgehead atoms. The molecule has 0 spiro atoms. The van der Waals surface area contributed by atoms with E-state index in [4.69, 9.17) is 20.9 Å². The number of guanidine groups is 1. The Morgan fingerprint density at radius 3 is 2.33 bits per heavy atom. The Balaban J connectivity index is 0.000000942. The molecule has 12 nitrogen and oxygen atoms in total. The number of carboxylic acid groups (broad SMARTS) is 1. The van der Waals surface area contributed by atoms with Crippen molar-refractivity contribution in [3.63, 3.8) is 0 Å². The van der Waals surface area contributed by atoms with E-state index in [2.05, 4.69) is 15.6 Å². The van der Waals surface area contributed by atoms with Gasteiger partial charge in [0.2, 0.25) is 21.8 Å². The third-order valence-electron chi connectivity index (χ3n) is 7.06. The van der Waals surface area contributed by atoms with Crippen molar-refractivity contribution in [2.24, 2.45) is 16.6 Å². The van der Waals surface area contributed by atoms with Crippen LogP contribution >= 0.6 is 0 Å². The zero-order valence-corrected chi connectivity index (χ0v) is 26.4. The first kappa shape index (κ1) is 37.7. The first-order chi connectivity index (χ1) is 21.4. The summed E-state index contributed by atoms with van der Waals surface area (Å²) in [7, 11) is -0.800. The van der Waals surface area contributed by atoms with Crippen LogP contribution in [0.3, 0.4) is 0 Å². The fraction of sp³-hybridized carbons (Fsp3) is 0.433. The van der Waals surface area contributed by atoms with Crippen molar-refractivity contribution in [1.29, 1.82) is 5.26 Å². The Hall–Kier alpha value is -4.49. The van der Waals surface area contributed by atoms with Crippen molar-refractivity contribution >= 4 is 39.5 Å². The van der Waals surface area contributed by atoms with Crippen molar-refractivity contribution in [1.82, 2.24) is 9.62 Å². The van der Waals surface area contributed by atoms with Gasteiger partial charge in [-0.05, 0) is 54.7 Å². The molecule has 1 fully saturated rings. The number of hydrogen-bond acceptors (Lipinski definition) is 7. The molecule has 46 heavy (non-hydrogen) atoms. The number of hydrogen-bond donors (Lipinski definition) is 4. The van der Waals surface area contributed by atoms with E-state index in [1.165, 1.54) is 26.2 Å². The van der Waals surface area contributed by atoms with Crippen LogP contribution in [-0.2, 0) is 30.8 Å². The maximum absolute atomic E-state index is 13.4. The number of amides is 2. The number of nitrogens with two attached hydrogens (primary N) is 1. The van der Waals surface area contributed by atoms with Gasteiger partial charge >= 0.3 is 12.1 Å². The molecule has 5 N–H and O–H groups in total. The summed E-state index contributed by atoms with van der Waals surface area (Å²) in [4.78, 5) is 39.4. The predicted octanol–water partition coefficient (Wildman–Crippen LogP) is 3.70. The van der Waals surface area contributed by atoms with E-state index in [0.717, 1.165) is 36.4 Å². The van der Waals surface area contributed by atoms with E-state index in [9.17, 15) is 31.2 Å². The number of nitrogens with one attached hydrogen (secondary N) is 2. The summed E-state index contributed by atoms with van der Waals surface area (Å²) in [6.07, 6.45) is 0.667. The number of carbonyl (C=O) groups is 3. The van der Waals surface area contributed by atoms with E-state index in [-0.39, 0.29) is 23.2 Å². The standard InChI is InChI=1S/C28H36N6O4S.C2HF3O2/c1-19-12-13-23(39(37,38)34(2)3)17-24(19)31-27(36)25(15-20-8-5-4-6-9-20)32-28(30)33-26(35)16-21-10-7-11-22(14-21)18-29;3-2(4,5)1(6)7/h7,10-14,17,20,25H,4-6,8-9,15-16H2,1-3H3,(H,31,36)(H3,30,32,33,35);(H,6,7)/t25-;/m1./s1. The molecule has 1 aliphatic carbocycles. The van der Waals surface area contributed by atoms with Crippen LogP contribution in [0.2, 0.25) is 0 Å². The molecule has 2 amide bonds. The molecule has 0 radical (unpaired) electrons. The number of nitriles is 1. The first-order valence-electron chi connectivity index (χ1n) is 14.2. The van der Waals surface area contributed by atoms with Gasteiger partial charge in [0, 0.05) is 19.8 Å². The van der Waals surface area contributed by atoms with Crippen molar-refractivity contribution in [3.05, 3.63) is 59.2 Å². The molecule has 1 atom stereocenters. The van der Waals surface area contributed by atoms with Crippen molar-refractivity contribution in [2.75, 3.05) is 19.4 Å². The van der Waals surface area contributed by atoms with Gasteiger partial charge in [-0.2, -0.15) is 18.4 Å². The van der Waals surface area contributed by atoms with E-state index >= 15 is 0 Å². The third-order valence-corrected chi connectivity index (χ3v) is 8.87. The number of benzene rings is 2. The van der Waals surface area contributed by atoms with Gasteiger partial charge < -0.3 is 16.2 Å². The molecule has 1 saturated carbocycles. The molecule has 16 heteroatoms. The number of carbonyl (C=O) groups excluding carboxylic acids is 2. The quantitative estimate of drug-likeness (QED) is 0.230. The summed E-state index contributed by atoms with van der Waals surface area (Å²) in [5.74, 6) is -3.49. The summed E-state index contributed by atoms with van der Waals surface area (Å²) < 4.78 is 58.1. The number of alkyl halides is 3. The van der Waals surface area contributed by atoms with Gasteiger partial charge in [-0.25, -0.2) is 22.5 Å². The highest BCUT2D eigenvalue weighted by molar-refractivity contribution is 7.89. The van der Waals surface area contributed by atoms with E-state index in [1.54, 1.807) is 37.3 Å². The van der Waals surface area contributed by atoms with Gasteiger partial charge in [-0.15, -0.1) is 0 Å². The second-order valence-electron chi connectivity index (χ2n) is 10.9. The highest BCUT2D eigenvalue weighted by Gasteiger charge is 2.38. The molecular formula is C30H37F3N6O6S. The smallest absolute Gasteiger partial charge is 0.475 e. The van der Waals surface area contributed by atoms with Crippen LogP contribution in [-0.4, -0.2) is 67.9 Å². The van der Waals surface area contributed by atoms with Crippen molar-refractivity contribution < 1.29 is 41.1 Å². The lowest BCUT2D eigenvalue weighted by Gasteiger charge is -2.25. The van der Waals surface area contributed by atoms with E-state index in [0.29, 0.717) is 28.8 Å². The zero-order valence-electron chi connectivity index (χ0n) is 25.6. The second kappa shape index (κ2) is 16.7. The zero-order chi connectivity index (χ0) is 34.7. The lowest BCUT2D eigenvalue weighted by atomic mass is 9.84. The van der Waals surface area contributed by atoms with Gasteiger partial charge in [0.25, 0.3) is 0 Å². The number of aliphatic carboxylic acids is 1. The molecule has 0 unspecified atom stereocenters. The van der Waals surface area contributed by atoms with Gasteiger partial charge in [-0.3, -0.25) is 14.9 Å². The lowest BCUT2D eigenvalue weighted by Crippen LogP contribution is -2.40. The summed E-state index contributed by atoms with van der Waals surface area (Å²) in [5, 5.41) is 21.6. The van der Waals surface area contributed by atoms with Crippen LogP contribution < -0.4 is 16.4 Å². The summed E-state index contributed by atoms with van der Waals surface area (Å²) in [6, 6.07) is 12.5. The number of aliphatic imine (C=N–C) groups is 1. The average molecular weight is 667 g/mol. The van der Waals surface area contributed by atoms with Crippen LogP contribution in [0.5, 0.6) is 0 Å². The molecule has 0 heterocycles. The maximum atomic E-state index is 13.4. The molecule has 0 saturated heterocycles. The molecule has 0 aliphatic heterocycles. The second-order valence-corrected chi connectivity index (χ2v) is 13.0. The topological polar surface area (TPSA) is 195 Å². The monoisotopic (exact) mass is 666 g/mol. The summed E-state index contributed by atoms with van der Waals surface area (Å²) >= 11 is 0. The fourth-order valence-corrected chi connectivity index (χ4v) is 5.53. The highest BCUT2D eigenvalue weighted by Crippen LogP contribution is 2.29. The van der Waals surface area contributed by atoms with Crippen molar-refractivity contribution in [2.45, 2.75) is 69.0 Å². The number of sulfonamides is 1.